The van der Waals surface area contributed by atoms with E-state index in [1.807, 2.05) is 31.2 Å². The maximum atomic E-state index is 5.68. The summed E-state index contributed by atoms with van der Waals surface area (Å²) in [5.41, 5.74) is 7.88. The van der Waals surface area contributed by atoms with E-state index in [0.717, 1.165) is 11.3 Å². The van der Waals surface area contributed by atoms with E-state index in [1.165, 1.54) is 5.56 Å². The zero-order chi connectivity index (χ0) is 13.0. The minimum Gasteiger partial charge on any atom is -0.338 e. The molecule has 0 bridgehead atoms. The summed E-state index contributed by atoms with van der Waals surface area (Å²) in [4.78, 5) is 4.37. The van der Waals surface area contributed by atoms with Gasteiger partial charge < -0.3 is 10.3 Å². The van der Waals surface area contributed by atoms with Gasteiger partial charge in [-0.25, -0.2) is 0 Å². The van der Waals surface area contributed by atoms with Gasteiger partial charge in [0.25, 0.3) is 0 Å². The second kappa shape index (κ2) is 6.02. The zero-order valence-electron chi connectivity index (χ0n) is 10.6. The number of aromatic nitrogens is 2. The highest BCUT2D eigenvalue weighted by atomic mass is 32.2. The third kappa shape index (κ3) is 3.58. The van der Waals surface area contributed by atoms with E-state index < -0.39 is 0 Å². The van der Waals surface area contributed by atoms with E-state index in [-0.39, 0.29) is 6.04 Å². The van der Waals surface area contributed by atoms with Crippen LogP contribution in [0, 0.1) is 6.92 Å². The largest absolute Gasteiger partial charge is 0.338 e. The molecular formula is C13H17N3OS. The number of rotatable bonds is 5. The molecule has 0 aliphatic rings. The Morgan fingerprint density at radius 1 is 1.33 bits per heavy atom. The van der Waals surface area contributed by atoms with Crippen molar-refractivity contribution in [3.8, 4) is 11.4 Å². The Morgan fingerprint density at radius 3 is 2.72 bits per heavy atom. The monoisotopic (exact) mass is 263 g/mol. The van der Waals surface area contributed by atoms with Gasteiger partial charge in [0.15, 0.2) is 0 Å². The molecule has 2 aromatic rings. The van der Waals surface area contributed by atoms with Crippen molar-refractivity contribution in [3.63, 3.8) is 0 Å². The van der Waals surface area contributed by atoms with E-state index in [4.69, 9.17) is 10.3 Å². The van der Waals surface area contributed by atoms with E-state index in [1.54, 1.807) is 11.8 Å². The molecule has 4 nitrogen and oxygen atoms in total. The molecule has 5 heteroatoms. The second-order valence-electron chi connectivity index (χ2n) is 4.37. The predicted molar refractivity (Wildman–Crippen MR) is 74.3 cm³/mol. The van der Waals surface area contributed by atoms with Crippen molar-refractivity contribution in [2.75, 3.05) is 5.75 Å². The lowest BCUT2D eigenvalue weighted by molar-refractivity contribution is 0.391. The lowest BCUT2D eigenvalue weighted by atomic mass is 10.1. The fourth-order valence-electron chi connectivity index (χ4n) is 1.47. The zero-order valence-corrected chi connectivity index (χ0v) is 11.4. The van der Waals surface area contributed by atoms with Crippen LogP contribution in [0.1, 0.15) is 18.4 Å². The van der Waals surface area contributed by atoms with Crippen LogP contribution < -0.4 is 5.73 Å². The normalized spacial score (nSPS) is 12.6. The smallest absolute Gasteiger partial charge is 0.236 e. The van der Waals surface area contributed by atoms with E-state index in [0.29, 0.717) is 17.5 Å². The molecule has 96 valence electrons. The Hall–Kier alpha value is -1.33. The van der Waals surface area contributed by atoms with Crippen LogP contribution in [-0.2, 0) is 5.75 Å². The summed E-state index contributed by atoms with van der Waals surface area (Å²) in [5, 5.41) is 3.98. The van der Waals surface area contributed by atoms with E-state index in [2.05, 4.69) is 17.1 Å². The molecule has 0 amide bonds. The molecule has 0 radical (unpaired) electrons. The van der Waals surface area contributed by atoms with Gasteiger partial charge in [0.2, 0.25) is 11.7 Å². The maximum Gasteiger partial charge on any atom is 0.236 e. The Labute approximate surface area is 111 Å². The van der Waals surface area contributed by atoms with Gasteiger partial charge >= 0.3 is 0 Å². The summed E-state index contributed by atoms with van der Waals surface area (Å²) in [6.07, 6.45) is 0. The Balaban J connectivity index is 1.99. The number of nitrogens with two attached hydrogens (primary N) is 1. The summed E-state index contributed by atoms with van der Waals surface area (Å²) >= 11 is 1.70. The first kappa shape index (κ1) is 13.1. The first-order chi connectivity index (χ1) is 8.65. The van der Waals surface area contributed by atoms with Crippen molar-refractivity contribution in [2.45, 2.75) is 25.6 Å². The molecule has 1 heterocycles. The van der Waals surface area contributed by atoms with Crippen LogP contribution in [0.15, 0.2) is 28.8 Å². The Bertz CT molecular complexity index is 493. The lowest BCUT2D eigenvalue weighted by Gasteiger charge is -2.00. The topological polar surface area (TPSA) is 64.9 Å². The summed E-state index contributed by atoms with van der Waals surface area (Å²) in [7, 11) is 0. The van der Waals surface area contributed by atoms with Gasteiger partial charge in [0, 0.05) is 17.4 Å². The number of benzene rings is 1. The molecule has 1 aromatic heterocycles. The van der Waals surface area contributed by atoms with Gasteiger partial charge in [0.05, 0.1) is 5.75 Å². The molecule has 2 rings (SSSR count). The molecule has 0 spiro atoms. The van der Waals surface area contributed by atoms with Crippen LogP contribution in [0.2, 0.25) is 0 Å². The predicted octanol–water partition coefficient (Wildman–Crippen LogP) is 2.63. The molecule has 0 aliphatic carbocycles. The summed E-state index contributed by atoms with van der Waals surface area (Å²) in [6, 6.07) is 8.26. The van der Waals surface area contributed by atoms with Gasteiger partial charge in [-0.3, -0.25) is 0 Å². The molecule has 0 fully saturated rings. The van der Waals surface area contributed by atoms with Crippen LogP contribution in [0.4, 0.5) is 0 Å². The van der Waals surface area contributed by atoms with Gasteiger partial charge in [-0.2, -0.15) is 16.7 Å². The molecule has 1 unspecified atom stereocenters. The molecule has 18 heavy (non-hydrogen) atoms. The van der Waals surface area contributed by atoms with Crippen molar-refractivity contribution in [2.24, 2.45) is 5.73 Å². The highest BCUT2D eigenvalue weighted by Crippen LogP contribution is 2.18. The number of nitrogens with zero attached hydrogens (tertiary/aromatic N) is 2. The average Bonchev–Trinajstić information content (AvgIpc) is 2.78. The van der Waals surface area contributed by atoms with Crippen molar-refractivity contribution in [1.82, 2.24) is 10.1 Å². The Morgan fingerprint density at radius 2 is 2.06 bits per heavy atom. The first-order valence-corrected chi connectivity index (χ1v) is 7.03. The van der Waals surface area contributed by atoms with Gasteiger partial charge in [-0.05, 0) is 13.8 Å². The van der Waals surface area contributed by atoms with Crippen LogP contribution in [0.5, 0.6) is 0 Å². The van der Waals surface area contributed by atoms with E-state index >= 15 is 0 Å². The number of aryl methyl sites for hydroxylation is 1. The van der Waals surface area contributed by atoms with Crippen LogP contribution in [0.25, 0.3) is 11.4 Å². The van der Waals surface area contributed by atoms with Crippen molar-refractivity contribution in [3.05, 3.63) is 35.7 Å². The van der Waals surface area contributed by atoms with E-state index in [9.17, 15) is 0 Å². The summed E-state index contributed by atoms with van der Waals surface area (Å²) < 4.78 is 5.21. The third-order valence-electron chi connectivity index (χ3n) is 2.38. The number of hydrogen-bond donors (Lipinski definition) is 1. The summed E-state index contributed by atoms with van der Waals surface area (Å²) in [6.45, 7) is 4.04. The second-order valence-corrected chi connectivity index (χ2v) is 5.40. The highest BCUT2D eigenvalue weighted by molar-refractivity contribution is 7.98. The fourth-order valence-corrected chi connectivity index (χ4v) is 2.25. The minimum atomic E-state index is 0.189. The molecule has 1 aromatic carbocycles. The Kier molecular flexibility index (Phi) is 4.38. The molecule has 0 saturated carbocycles. The molecule has 1 atom stereocenters. The van der Waals surface area contributed by atoms with Crippen molar-refractivity contribution < 1.29 is 4.52 Å². The molecular weight excluding hydrogens is 246 g/mol. The summed E-state index contributed by atoms with van der Waals surface area (Å²) in [5.74, 6) is 2.89. The lowest BCUT2D eigenvalue weighted by Crippen LogP contribution is -2.17. The van der Waals surface area contributed by atoms with Crippen LogP contribution >= 0.6 is 11.8 Å². The number of thioether (sulfide) groups is 1. The molecule has 2 N–H and O–H groups in total. The first-order valence-electron chi connectivity index (χ1n) is 5.88. The standard InChI is InChI=1S/C13H17N3OS/c1-9-3-5-11(6-4-9)13-15-12(17-16-13)8-18-7-10(2)14/h3-6,10H,7-8,14H2,1-2H3. The SMILES string of the molecule is Cc1ccc(-c2noc(CSCC(C)N)n2)cc1. The minimum absolute atomic E-state index is 0.189. The van der Waals surface area contributed by atoms with Gasteiger partial charge in [-0.1, -0.05) is 35.0 Å². The number of hydrogen-bond acceptors (Lipinski definition) is 5. The molecule has 0 saturated heterocycles. The van der Waals surface area contributed by atoms with Crippen LogP contribution in [-0.4, -0.2) is 21.9 Å². The van der Waals surface area contributed by atoms with Crippen LogP contribution in [0.3, 0.4) is 0 Å². The fraction of sp³-hybridized carbons (Fsp3) is 0.385. The van der Waals surface area contributed by atoms with Gasteiger partial charge in [-0.15, -0.1) is 0 Å². The maximum absolute atomic E-state index is 5.68. The highest BCUT2D eigenvalue weighted by Gasteiger charge is 2.08. The quantitative estimate of drug-likeness (QED) is 0.898. The van der Waals surface area contributed by atoms with Gasteiger partial charge in [0.1, 0.15) is 0 Å². The van der Waals surface area contributed by atoms with Crippen molar-refractivity contribution >= 4 is 11.8 Å². The average molecular weight is 263 g/mol. The third-order valence-corrected chi connectivity index (χ3v) is 3.60. The van der Waals surface area contributed by atoms with Crippen molar-refractivity contribution in [1.29, 1.82) is 0 Å². The molecule has 0 aliphatic heterocycles.